The lowest BCUT2D eigenvalue weighted by atomic mass is 9.94. The van der Waals surface area contributed by atoms with Gasteiger partial charge in [-0.25, -0.2) is 21.2 Å². The monoisotopic (exact) mass is 520 g/mol. The summed E-state index contributed by atoms with van der Waals surface area (Å²) in [5.41, 5.74) is 13.8. The highest BCUT2D eigenvalue weighted by Crippen LogP contribution is 2.30. The van der Waals surface area contributed by atoms with E-state index in [0.717, 1.165) is 46.2 Å². The molecule has 0 bridgehead atoms. The summed E-state index contributed by atoms with van der Waals surface area (Å²) in [6, 6.07) is 13.7. The number of hydrogen-bond donors (Lipinski definition) is 4. The first-order valence-electron chi connectivity index (χ1n) is 11.8. The predicted molar refractivity (Wildman–Crippen MR) is 144 cm³/mol. The van der Waals surface area contributed by atoms with Crippen molar-refractivity contribution in [3.63, 3.8) is 0 Å². The number of nitrogens with one attached hydrogen (secondary N) is 1. The third kappa shape index (κ3) is 5.65. The molecule has 0 unspecified atom stereocenters. The molecule has 4 rings (SSSR count). The minimum absolute atomic E-state index is 0.00146. The van der Waals surface area contributed by atoms with Crippen LogP contribution in [0.5, 0.6) is 0 Å². The summed E-state index contributed by atoms with van der Waals surface area (Å²) in [5.74, 6) is 5.18. The van der Waals surface area contributed by atoms with Gasteiger partial charge < -0.3 is 15.4 Å². The van der Waals surface area contributed by atoms with Crippen LogP contribution in [0.2, 0.25) is 5.15 Å². The van der Waals surface area contributed by atoms with E-state index >= 15 is 0 Å². The fourth-order valence-corrected chi connectivity index (χ4v) is 4.51. The average Bonchev–Trinajstić information content (AvgIpc) is 3.45. The van der Waals surface area contributed by atoms with Crippen LogP contribution in [0.25, 0.3) is 22.3 Å². The lowest BCUT2D eigenvalue weighted by Gasteiger charge is -2.13. The second-order valence-electron chi connectivity index (χ2n) is 8.65. The zero-order valence-corrected chi connectivity index (χ0v) is 21.4. The van der Waals surface area contributed by atoms with Gasteiger partial charge in [-0.05, 0) is 40.8 Å². The van der Waals surface area contributed by atoms with Gasteiger partial charge in [-0.2, -0.15) is 5.10 Å². The molecule has 0 aliphatic carbocycles. The first-order valence-corrected chi connectivity index (χ1v) is 12.2. The number of hydrazone groups is 1. The van der Waals surface area contributed by atoms with E-state index in [1.807, 2.05) is 55.7 Å². The second-order valence-corrected chi connectivity index (χ2v) is 9.01. The molecular formula is C26H29ClN8O2. The number of carboxylic acid groups (broad SMARTS) is 1. The number of benzene rings is 2. The number of aromatic nitrogens is 4. The van der Waals surface area contributed by atoms with Gasteiger partial charge in [-0.1, -0.05) is 55.3 Å². The molecule has 37 heavy (non-hydrogen) atoms. The highest BCUT2D eigenvalue weighted by Gasteiger charge is 2.21. The van der Waals surface area contributed by atoms with E-state index in [9.17, 15) is 9.90 Å². The van der Waals surface area contributed by atoms with Gasteiger partial charge in [0.15, 0.2) is 16.7 Å². The number of halogens is 1. The van der Waals surface area contributed by atoms with Gasteiger partial charge in [0.1, 0.15) is 5.82 Å². The number of nitrogens with two attached hydrogens (primary N) is 2. The number of imidazole rings is 1. The van der Waals surface area contributed by atoms with E-state index < -0.39 is 5.97 Å². The summed E-state index contributed by atoms with van der Waals surface area (Å²) in [5, 5.41) is 17.9. The Bertz CT molecular complexity index is 1440. The fourth-order valence-electron chi connectivity index (χ4n) is 4.23. The van der Waals surface area contributed by atoms with E-state index in [-0.39, 0.29) is 16.7 Å². The topological polar surface area (TPSA) is 149 Å². The van der Waals surface area contributed by atoms with E-state index in [1.165, 1.54) is 0 Å². The molecule has 10 nitrogen and oxygen atoms in total. The smallest absolute Gasteiger partial charge is 0.355 e. The number of nitrogens with zero attached hydrogens (tertiary/aromatic N) is 5. The standard InChI is InChI=1S/C26H29ClN8O2/c1-3-4-5-22-31-24(27)23(26(36)37)35(22)14-16-6-8-17(9-7-16)21-12-18(19-13-30-34(2)15-19)10-11-20(21)25(28)32-33-29/h6-13,15,33H,3-5,14,29H2,1-2H3,(H2,28,32)(H,36,37). The third-order valence-electron chi connectivity index (χ3n) is 6.08. The first-order chi connectivity index (χ1) is 17.8. The molecule has 0 atom stereocenters. The Kier molecular flexibility index (Phi) is 7.90. The number of unbranched alkanes of at least 4 members (excludes halogenated alkanes) is 1. The Morgan fingerprint density at radius 2 is 1.89 bits per heavy atom. The Morgan fingerprint density at radius 3 is 2.51 bits per heavy atom. The fraction of sp³-hybridized carbons (Fsp3) is 0.231. The highest BCUT2D eigenvalue weighted by atomic mass is 35.5. The van der Waals surface area contributed by atoms with Crippen LogP contribution in [0.4, 0.5) is 0 Å². The molecule has 6 N–H and O–H groups in total. The normalized spacial score (nSPS) is 11.6. The molecule has 4 aromatic rings. The van der Waals surface area contributed by atoms with Crippen molar-refractivity contribution in [1.82, 2.24) is 24.9 Å². The van der Waals surface area contributed by atoms with E-state index in [2.05, 4.69) is 27.6 Å². The summed E-state index contributed by atoms with van der Waals surface area (Å²) in [6.45, 7) is 2.41. The molecule has 11 heteroatoms. The molecule has 0 aliphatic rings. The van der Waals surface area contributed by atoms with Crippen LogP contribution in [0.15, 0.2) is 60.0 Å². The minimum atomic E-state index is -1.10. The van der Waals surface area contributed by atoms with Gasteiger partial charge in [0.25, 0.3) is 0 Å². The van der Waals surface area contributed by atoms with Crippen LogP contribution < -0.4 is 17.1 Å². The predicted octanol–water partition coefficient (Wildman–Crippen LogP) is 3.78. The van der Waals surface area contributed by atoms with Crippen LogP contribution in [-0.2, 0) is 20.0 Å². The number of rotatable bonds is 10. The molecule has 0 saturated heterocycles. The average molecular weight is 521 g/mol. The summed E-state index contributed by atoms with van der Waals surface area (Å²) in [7, 11) is 1.87. The zero-order valence-electron chi connectivity index (χ0n) is 20.6. The van der Waals surface area contributed by atoms with Crippen molar-refractivity contribution in [2.24, 2.45) is 23.7 Å². The lowest BCUT2D eigenvalue weighted by Crippen LogP contribution is -2.23. The van der Waals surface area contributed by atoms with Gasteiger partial charge in [0, 0.05) is 37.3 Å². The molecule has 0 amide bonds. The number of aromatic carboxylic acids is 1. The van der Waals surface area contributed by atoms with Crippen molar-refractivity contribution in [2.75, 3.05) is 0 Å². The first kappa shape index (κ1) is 25.9. The maximum Gasteiger partial charge on any atom is 0.355 e. The van der Waals surface area contributed by atoms with Crippen LogP contribution in [0, 0.1) is 0 Å². The van der Waals surface area contributed by atoms with Crippen LogP contribution in [-0.4, -0.2) is 36.2 Å². The Balaban J connectivity index is 1.71. The van der Waals surface area contributed by atoms with Crippen LogP contribution >= 0.6 is 11.6 Å². The number of carboxylic acids is 1. The van der Waals surface area contributed by atoms with Gasteiger partial charge >= 0.3 is 5.97 Å². The Labute approximate surface area is 219 Å². The van der Waals surface area contributed by atoms with Gasteiger partial charge in [0.2, 0.25) is 0 Å². The number of hydrazine groups is 1. The second kappa shape index (κ2) is 11.3. The molecule has 0 radical (unpaired) electrons. The summed E-state index contributed by atoms with van der Waals surface area (Å²) in [4.78, 5) is 16.2. The molecule has 0 aliphatic heterocycles. The van der Waals surface area contributed by atoms with E-state index in [4.69, 9.17) is 23.2 Å². The molecule has 192 valence electrons. The maximum atomic E-state index is 11.9. The molecule has 2 heterocycles. The highest BCUT2D eigenvalue weighted by molar-refractivity contribution is 6.32. The van der Waals surface area contributed by atoms with E-state index in [1.54, 1.807) is 15.4 Å². The Hall–Kier alpha value is -4.15. The maximum absolute atomic E-state index is 11.9. The quantitative estimate of drug-likeness (QED) is 0.107. The van der Waals surface area contributed by atoms with E-state index in [0.29, 0.717) is 18.8 Å². The summed E-state index contributed by atoms with van der Waals surface area (Å²) in [6.07, 6.45) is 6.25. The van der Waals surface area contributed by atoms with Gasteiger partial charge in [-0.15, -0.1) is 5.10 Å². The zero-order chi connectivity index (χ0) is 26.5. The number of hydrogen-bond acceptors (Lipinski definition) is 6. The van der Waals surface area contributed by atoms with Crippen LogP contribution in [0.1, 0.15) is 47.2 Å². The number of carbonyl (C=O) groups is 1. The van der Waals surface area contributed by atoms with Crippen molar-refractivity contribution in [3.8, 4) is 22.3 Å². The molecule has 0 saturated carbocycles. The molecule has 0 spiro atoms. The Morgan fingerprint density at radius 1 is 1.16 bits per heavy atom. The summed E-state index contributed by atoms with van der Waals surface area (Å²) >= 11 is 6.18. The van der Waals surface area contributed by atoms with Crippen molar-refractivity contribution in [3.05, 3.63) is 82.7 Å². The largest absolute Gasteiger partial charge is 0.476 e. The molecule has 2 aromatic carbocycles. The van der Waals surface area contributed by atoms with Gasteiger partial charge in [0.05, 0.1) is 6.20 Å². The van der Waals surface area contributed by atoms with Crippen molar-refractivity contribution in [1.29, 1.82) is 0 Å². The minimum Gasteiger partial charge on any atom is -0.476 e. The lowest BCUT2D eigenvalue weighted by molar-refractivity contribution is 0.0685. The van der Waals surface area contributed by atoms with Crippen molar-refractivity contribution >= 4 is 23.4 Å². The molecule has 0 fully saturated rings. The van der Waals surface area contributed by atoms with Crippen molar-refractivity contribution in [2.45, 2.75) is 32.7 Å². The van der Waals surface area contributed by atoms with Crippen molar-refractivity contribution < 1.29 is 9.90 Å². The molecular weight excluding hydrogens is 492 g/mol. The van der Waals surface area contributed by atoms with Crippen LogP contribution in [0.3, 0.4) is 0 Å². The third-order valence-corrected chi connectivity index (χ3v) is 6.35. The number of aryl methyl sites for hydroxylation is 2. The number of amidine groups is 1. The SMILES string of the molecule is CCCCc1nc(Cl)c(C(=O)O)n1Cc1ccc(-c2cc(-c3cnn(C)c3)ccc2/C(N)=N/NN)cc1. The molecule has 2 aromatic heterocycles. The van der Waals surface area contributed by atoms with Gasteiger partial charge in [-0.3, -0.25) is 4.68 Å². The summed E-state index contributed by atoms with van der Waals surface area (Å²) < 4.78 is 3.43.